The van der Waals surface area contributed by atoms with Gasteiger partial charge in [0.1, 0.15) is 0 Å². The second-order valence-electron chi connectivity index (χ2n) is 6.96. The van der Waals surface area contributed by atoms with E-state index in [4.69, 9.17) is 0 Å². The van der Waals surface area contributed by atoms with Crippen LogP contribution in [0.25, 0.3) is 0 Å². The Labute approximate surface area is 81.1 Å². The monoisotopic (exact) mass is 176 g/mol. The van der Waals surface area contributed by atoms with E-state index < -0.39 is 0 Å². The van der Waals surface area contributed by atoms with Crippen molar-refractivity contribution in [3.63, 3.8) is 0 Å². The molecule has 3 bridgehead atoms. The molecule has 0 aromatic carbocycles. The molecule has 0 aromatic rings. The fraction of sp³-hybridized carbons (Fsp3) is 1.00. The number of hydrogen-bond donors (Lipinski definition) is 0. The van der Waals surface area contributed by atoms with Gasteiger partial charge in [-0.25, -0.2) is 0 Å². The standard InChI is InChI=1S/C13H20/c1-12(2)10-4-8-3-9-5-11(12)7-13(8,9)6-10/h8-11H,3-7H2,1-2H3. The lowest BCUT2D eigenvalue weighted by Crippen LogP contribution is -2.42. The summed E-state index contributed by atoms with van der Waals surface area (Å²) in [6, 6.07) is 0. The van der Waals surface area contributed by atoms with Gasteiger partial charge in [-0.05, 0) is 66.6 Å². The van der Waals surface area contributed by atoms with Gasteiger partial charge in [0.15, 0.2) is 0 Å². The topological polar surface area (TPSA) is 0 Å². The lowest BCUT2D eigenvalue weighted by molar-refractivity contribution is -0.00699. The SMILES string of the molecule is CC1(C)C2CC3CC4CC1CC34C2. The molecule has 4 atom stereocenters. The van der Waals surface area contributed by atoms with Gasteiger partial charge in [-0.1, -0.05) is 13.8 Å². The summed E-state index contributed by atoms with van der Waals surface area (Å²) in [5.74, 6) is 4.55. The van der Waals surface area contributed by atoms with Crippen LogP contribution in [-0.4, -0.2) is 0 Å². The first-order valence-corrected chi connectivity index (χ1v) is 6.13. The molecule has 4 aliphatic carbocycles. The van der Waals surface area contributed by atoms with Crippen molar-refractivity contribution < 1.29 is 0 Å². The van der Waals surface area contributed by atoms with E-state index in [9.17, 15) is 0 Å². The summed E-state index contributed by atoms with van der Waals surface area (Å²) in [6.45, 7) is 5.12. The van der Waals surface area contributed by atoms with Crippen molar-refractivity contribution in [3.8, 4) is 0 Å². The summed E-state index contributed by atoms with van der Waals surface area (Å²) in [4.78, 5) is 0. The Morgan fingerprint density at radius 3 is 1.77 bits per heavy atom. The zero-order valence-corrected chi connectivity index (χ0v) is 8.84. The van der Waals surface area contributed by atoms with Crippen LogP contribution in [0.2, 0.25) is 0 Å². The zero-order chi connectivity index (χ0) is 8.84. The molecule has 0 saturated heterocycles. The number of hydrogen-bond acceptors (Lipinski definition) is 0. The summed E-state index contributed by atoms with van der Waals surface area (Å²) in [5, 5.41) is 0. The van der Waals surface area contributed by atoms with E-state index in [2.05, 4.69) is 13.8 Å². The predicted molar refractivity (Wildman–Crippen MR) is 53.3 cm³/mol. The van der Waals surface area contributed by atoms with Crippen LogP contribution in [0.4, 0.5) is 0 Å². The quantitative estimate of drug-likeness (QED) is 0.530. The minimum atomic E-state index is 0.702. The van der Waals surface area contributed by atoms with Crippen molar-refractivity contribution in [3.05, 3.63) is 0 Å². The molecule has 0 aromatic heterocycles. The van der Waals surface area contributed by atoms with Crippen LogP contribution < -0.4 is 0 Å². The van der Waals surface area contributed by atoms with E-state index in [1.165, 1.54) is 11.8 Å². The van der Waals surface area contributed by atoms with E-state index in [-0.39, 0.29) is 0 Å². The minimum absolute atomic E-state index is 0.702. The molecule has 4 fully saturated rings. The minimum Gasteiger partial charge on any atom is -0.0594 e. The summed E-state index contributed by atoms with van der Waals surface area (Å²) < 4.78 is 0. The molecule has 0 heteroatoms. The molecule has 0 N–H and O–H groups in total. The fourth-order valence-corrected chi connectivity index (χ4v) is 5.64. The lowest BCUT2D eigenvalue weighted by Gasteiger charge is -2.50. The Bertz CT molecular complexity index is 250. The molecule has 1 spiro atoms. The van der Waals surface area contributed by atoms with Gasteiger partial charge in [-0.3, -0.25) is 0 Å². The molecule has 72 valence electrons. The van der Waals surface area contributed by atoms with E-state index in [1.807, 2.05) is 0 Å². The Hall–Kier alpha value is 0. The van der Waals surface area contributed by atoms with Gasteiger partial charge in [0, 0.05) is 0 Å². The van der Waals surface area contributed by atoms with Crippen LogP contribution in [0.15, 0.2) is 0 Å². The molecular weight excluding hydrogens is 156 g/mol. The summed E-state index contributed by atoms with van der Waals surface area (Å²) in [7, 11) is 0. The van der Waals surface area contributed by atoms with Gasteiger partial charge in [0.2, 0.25) is 0 Å². The highest BCUT2D eigenvalue weighted by molar-refractivity contribution is 5.19. The van der Waals surface area contributed by atoms with Crippen LogP contribution in [0.1, 0.15) is 46.0 Å². The van der Waals surface area contributed by atoms with E-state index in [1.54, 1.807) is 32.1 Å². The summed E-state index contributed by atoms with van der Waals surface area (Å²) >= 11 is 0. The molecule has 4 rings (SSSR count). The van der Waals surface area contributed by atoms with Gasteiger partial charge < -0.3 is 0 Å². The zero-order valence-electron chi connectivity index (χ0n) is 8.84. The molecule has 0 heterocycles. The second-order valence-corrected chi connectivity index (χ2v) is 6.96. The van der Waals surface area contributed by atoms with Gasteiger partial charge in [0.25, 0.3) is 0 Å². The van der Waals surface area contributed by atoms with Crippen molar-refractivity contribution in [1.82, 2.24) is 0 Å². The molecular formula is C13H20. The lowest BCUT2D eigenvalue weighted by atomic mass is 9.55. The van der Waals surface area contributed by atoms with Crippen molar-refractivity contribution >= 4 is 0 Å². The van der Waals surface area contributed by atoms with Crippen LogP contribution >= 0.6 is 0 Å². The Morgan fingerprint density at radius 1 is 0.769 bits per heavy atom. The first kappa shape index (κ1) is 7.31. The molecule has 4 saturated carbocycles. The third-order valence-corrected chi connectivity index (χ3v) is 6.69. The number of rotatable bonds is 0. The van der Waals surface area contributed by atoms with Crippen molar-refractivity contribution in [1.29, 1.82) is 0 Å². The first-order chi connectivity index (χ1) is 6.13. The molecule has 0 nitrogen and oxygen atoms in total. The average molecular weight is 176 g/mol. The highest BCUT2D eigenvalue weighted by Crippen LogP contribution is 2.79. The highest BCUT2D eigenvalue weighted by Gasteiger charge is 2.70. The van der Waals surface area contributed by atoms with Gasteiger partial charge in [0.05, 0.1) is 0 Å². The molecule has 13 heavy (non-hydrogen) atoms. The average Bonchev–Trinajstić information content (AvgIpc) is 2.48. The van der Waals surface area contributed by atoms with Crippen LogP contribution in [0, 0.1) is 34.5 Å². The van der Waals surface area contributed by atoms with Crippen LogP contribution in [0.5, 0.6) is 0 Å². The largest absolute Gasteiger partial charge is 0.0594 e. The van der Waals surface area contributed by atoms with Crippen molar-refractivity contribution in [2.24, 2.45) is 34.5 Å². The van der Waals surface area contributed by atoms with Gasteiger partial charge in [-0.2, -0.15) is 0 Å². The maximum atomic E-state index is 2.56. The van der Waals surface area contributed by atoms with Gasteiger partial charge >= 0.3 is 0 Å². The van der Waals surface area contributed by atoms with E-state index in [0.717, 1.165) is 17.3 Å². The Kier molecular flexibility index (Phi) is 0.971. The number of fused-ring (bicyclic) bond motifs is 2. The third kappa shape index (κ3) is 0.567. The van der Waals surface area contributed by atoms with Crippen molar-refractivity contribution in [2.75, 3.05) is 0 Å². The first-order valence-electron chi connectivity index (χ1n) is 6.13. The molecule has 4 unspecified atom stereocenters. The van der Waals surface area contributed by atoms with Crippen LogP contribution in [0.3, 0.4) is 0 Å². The van der Waals surface area contributed by atoms with E-state index in [0.29, 0.717) is 5.41 Å². The Morgan fingerprint density at radius 2 is 1.23 bits per heavy atom. The molecule has 0 radical (unpaired) electrons. The fourth-order valence-electron chi connectivity index (χ4n) is 5.64. The summed E-state index contributed by atoms with van der Waals surface area (Å²) in [6.07, 6.45) is 8.04. The summed E-state index contributed by atoms with van der Waals surface area (Å²) in [5.41, 5.74) is 1.62. The highest BCUT2D eigenvalue weighted by atomic mass is 14.7. The maximum Gasteiger partial charge on any atom is -0.0235 e. The predicted octanol–water partition coefficient (Wildman–Crippen LogP) is 3.47. The molecule has 4 aliphatic rings. The smallest absolute Gasteiger partial charge is 0.0235 e. The second kappa shape index (κ2) is 1.73. The van der Waals surface area contributed by atoms with Crippen LogP contribution in [-0.2, 0) is 0 Å². The normalized spacial score (nSPS) is 65.1. The molecule has 0 aliphatic heterocycles. The van der Waals surface area contributed by atoms with Crippen molar-refractivity contribution in [2.45, 2.75) is 46.0 Å². The van der Waals surface area contributed by atoms with Gasteiger partial charge in [-0.15, -0.1) is 0 Å². The molecule has 0 amide bonds. The van der Waals surface area contributed by atoms with E-state index >= 15 is 0 Å². The maximum absolute atomic E-state index is 2.56. The third-order valence-electron chi connectivity index (χ3n) is 6.69. The Balaban J connectivity index is 1.87.